The summed E-state index contributed by atoms with van der Waals surface area (Å²) in [5, 5.41) is 11.7. The van der Waals surface area contributed by atoms with Crippen LogP contribution in [0.5, 0.6) is 0 Å². The number of nitrogens with two attached hydrogens (primary N) is 1. The molecular weight excluding hydrogens is 380 g/mol. The highest BCUT2D eigenvalue weighted by atomic mass is 32.2. The van der Waals surface area contributed by atoms with Crippen molar-refractivity contribution in [3.05, 3.63) is 59.2 Å². The fourth-order valence-electron chi connectivity index (χ4n) is 2.47. The van der Waals surface area contributed by atoms with Gasteiger partial charge in [-0.2, -0.15) is 0 Å². The summed E-state index contributed by atoms with van der Waals surface area (Å²) in [5.41, 5.74) is 3.36. The Balaban J connectivity index is 2.06. The second kappa shape index (κ2) is 9.77. The van der Waals surface area contributed by atoms with Gasteiger partial charge in [0, 0.05) is 18.0 Å². The number of thioether (sulfide) groups is 1. The van der Waals surface area contributed by atoms with Gasteiger partial charge in [0.15, 0.2) is 5.96 Å². The lowest BCUT2D eigenvalue weighted by molar-refractivity contribution is 0.598. The number of benzene rings is 2. The van der Waals surface area contributed by atoms with Gasteiger partial charge in [0.2, 0.25) is 10.0 Å². The van der Waals surface area contributed by atoms with Gasteiger partial charge < -0.3 is 10.6 Å². The summed E-state index contributed by atoms with van der Waals surface area (Å²) in [5.74, 6) is 0.709. The van der Waals surface area contributed by atoms with Crippen LogP contribution in [0.1, 0.15) is 23.6 Å². The Bertz CT molecular complexity index is 894. The molecule has 4 N–H and O–H groups in total. The van der Waals surface area contributed by atoms with Crippen LogP contribution in [-0.4, -0.2) is 27.2 Å². The van der Waals surface area contributed by atoms with Crippen molar-refractivity contribution in [2.24, 2.45) is 10.1 Å². The molecule has 0 saturated carbocycles. The first-order valence-corrected chi connectivity index (χ1v) is 11.4. The maximum absolute atomic E-state index is 11.3. The van der Waals surface area contributed by atoms with Crippen LogP contribution in [0.2, 0.25) is 0 Å². The number of aryl methyl sites for hydroxylation is 1. The third-order valence-corrected chi connectivity index (χ3v) is 5.65. The van der Waals surface area contributed by atoms with Gasteiger partial charge in [-0.1, -0.05) is 24.3 Å². The Labute approximate surface area is 165 Å². The van der Waals surface area contributed by atoms with Crippen molar-refractivity contribution in [3.8, 4) is 0 Å². The highest BCUT2D eigenvalue weighted by molar-refractivity contribution is 7.98. The topological polar surface area (TPSA) is 96.6 Å². The van der Waals surface area contributed by atoms with Crippen LogP contribution >= 0.6 is 11.8 Å². The van der Waals surface area contributed by atoms with Crippen LogP contribution in [-0.2, 0) is 23.1 Å². The van der Waals surface area contributed by atoms with Gasteiger partial charge in [0.1, 0.15) is 0 Å². The molecule has 0 heterocycles. The predicted molar refractivity (Wildman–Crippen MR) is 112 cm³/mol. The zero-order valence-corrected chi connectivity index (χ0v) is 17.5. The van der Waals surface area contributed by atoms with E-state index in [2.05, 4.69) is 47.0 Å². The minimum Gasteiger partial charge on any atom is -0.357 e. The van der Waals surface area contributed by atoms with Gasteiger partial charge >= 0.3 is 0 Å². The molecule has 0 spiro atoms. The Kier molecular flexibility index (Phi) is 7.70. The summed E-state index contributed by atoms with van der Waals surface area (Å²) in [4.78, 5) is 5.92. The largest absolute Gasteiger partial charge is 0.357 e. The predicted octanol–water partition coefficient (Wildman–Crippen LogP) is 2.62. The molecule has 0 aromatic heterocycles. The third kappa shape index (κ3) is 6.57. The summed E-state index contributed by atoms with van der Waals surface area (Å²) < 4.78 is 22.6. The van der Waals surface area contributed by atoms with Crippen LogP contribution in [0.15, 0.2) is 57.2 Å². The second-order valence-corrected chi connectivity index (χ2v) is 8.46. The highest BCUT2D eigenvalue weighted by Crippen LogP contribution is 2.21. The molecule has 146 valence electrons. The SMILES string of the molecule is CCNC(=NCc1ccc(S(N)(=O)=O)cc1)NCc1ccc(C)cc1SC. The average Bonchev–Trinajstić information content (AvgIpc) is 2.64. The first kappa shape index (κ1) is 21.3. The smallest absolute Gasteiger partial charge is 0.238 e. The van der Waals surface area contributed by atoms with E-state index in [1.165, 1.54) is 28.2 Å². The molecule has 0 fully saturated rings. The Morgan fingerprint density at radius 2 is 1.85 bits per heavy atom. The molecule has 6 nitrogen and oxygen atoms in total. The van der Waals surface area contributed by atoms with Crippen LogP contribution < -0.4 is 15.8 Å². The Morgan fingerprint density at radius 3 is 2.44 bits per heavy atom. The molecule has 0 radical (unpaired) electrons. The highest BCUT2D eigenvalue weighted by Gasteiger charge is 2.07. The molecule has 2 aromatic carbocycles. The van der Waals surface area contributed by atoms with Crippen molar-refractivity contribution >= 4 is 27.7 Å². The fraction of sp³-hybridized carbons (Fsp3) is 0.316. The maximum Gasteiger partial charge on any atom is 0.238 e. The van der Waals surface area contributed by atoms with E-state index in [0.717, 1.165) is 12.1 Å². The van der Waals surface area contributed by atoms with E-state index < -0.39 is 10.0 Å². The first-order valence-electron chi connectivity index (χ1n) is 8.61. The van der Waals surface area contributed by atoms with Crippen LogP contribution in [0.4, 0.5) is 0 Å². The molecule has 8 heteroatoms. The van der Waals surface area contributed by atoms with Crippen molar-refractivity contribution in [1.82, 2.24) is 10.6 Å². The van der Waals surface area contributed by atoms with E-state index in [9.17, 15) is 8.42 Å². The Hall–Kier alpha value is -2.03. The molecule has 2 aromatic rings. The van der Waals surface area contributed by atoms with Gasteiger partial charge in [0.25, 0.3) is 0 Å². The van der Waals surface area contributed by atoms with Gasteiger partial charge in [-0.05, 0) is 55.0 Å². The summed E-state index contributed by atoms with van der Waals surface area (Å²) in [6, 6.07) is 12.8. The molecular formula is C19H26N4O2S2. The lowest BCUT2D eigenvalue weighted by Crippen LogP contribution is -2.36. The van der Waals surface area contributed by atoms with Crippen molar-refractivity contribution in [2.45, 2.75) is 36.7 Å². The number of hydrogen-bond donors (Lipinski definition) is 3. The number of hydrogen-bond acceptors (Lipinski definition) is 4. The average molecular weight is 407 g/mol. The van der Waals surface area contributed by atoms with Crippen molar-refractivity contribution in [1.29, 1.82) is 0 Å². The zero-order chi connectivity index (χ0) is 19.9. The van der Waals surface area contributed by atoms with Gasteiger partial charge in [0.05, 0.1) is 11.4 Å². The minimum absolute atomic E-state index is 0.101. The van der Waals surface area contributed by atoms with Crippen LogP contribution in [0, 0.1) is 6.92 Å². The number of primary sulfonamides is 1. The van der Waals surface area contributed by atoms with E-state index in [4.69, 9.17) is 5.14 Å². The third-order valence-electron chi connectivity index (χ3n) is 3.90. The molecule has 0 unspecified atom stereocenters. The lowest BCUT2D eigenvalue weighted by Gasteiger charge is -2.14. The fourth-order valence-corrected chi connectivity index (χ4v) is 3.69. The number of aliphatic imine (C=N–C) groups is 1. The number of nitrogens with zero attached hydrogens (tertiary/aromatic N) is 1. The lowest BCUT2D eigenvalue weighted by atomic mass is 10.1. The quantitative estimate of drug-likeness (QED) is 0.373. The molecule has 0 saturated heterocycles. The van der Waals surface area contributed by atoms with E-state index in [1.807, 2.05) is 6.92 Å². The molecule has 0 aliphatic rings. The summed E-state index contributed by atoms with van der Waals surface area (Å²) in [7, 11) is -3.67. The molecule has 27 heavy (non-hydrogen) atoms. The molecule has 0 amide bonds. The number of sulfonamides is 1. The van der Waals surface area contributed by atoms with Crippen molar-refractivity contribution in [3.63, 3.8) is 0 Å². The minimum atomic E-state index is -3.67. The summed E-state index contributed by atoms with van der Waals surface area (Å²) in [6.07, 6.45) is 2.07. The van der Waals surface area contributed by atoms with Crippen molar-refractivity contribution < 1.29 is 8.42 Å². The summed E-state index contributed by atoms with van der Waals surface area (Å²) in [6.45, 7) is 5.95. The monoisotopic (exact) mass is 406 g/mol. The zero-order valence-electron chi connectivity index (χ0n) is 15.8. The van der Waals surface area contributed by atoms with Gasteiger partial charge in [-0.3, -0.25) is 0 Å². The first-order chi connectivity index (χ1) is 12.8. The van der Waals surface area contributed by atoms with Crippen LogP contribution in [0.25, 0.3) is 0 Å². The Morgan fingerprint density at radius 1 is 1.15 bits per heavy atom. The summed E-state index contributed by atoms with van der Waals surface area (Å²) >= 11 is 1.73. The molecule has 0 bridgehead atoms. The van der Waals surface area contributed by atoms with Gasteiger partial charge in [-0.15, -0.1) is 11.8 Å². The standard InChI is InChI=1S/C19H26N4O2S2/c1-4-21-19(23-13-16-8-5-14(2)11-18(16)26-3)22-12-15-6-9-17(10-7-15)27(20,24)25/h5-11H,4,12-13H2,1-3H3,(H2,20,24,25)(H2,21,22,23). The number of guanidine groups is 1. The molecule has 0 atom stereocenters. The molecule has 0 aliphatic heterocycles. The van der Waals surface area contributed by atoms with Crippen LogP contribution in [0.3, 0.4) is 0 Å². The molecule has 0 aliphatic carbocycles. The van der Waals surface area contributed by atoms with E-state index in [1.54, 1.807) is 23.9 Å². The second-order valence-electron chi connectivity index (χ2n) is 6.05. The van der Waals surface area contributed by atoms with E-state index in [-0.39, 0.29) is 4.90 Å². The van der Waals surface area contributed by atoms with Gasteiger partial charge in [-0.25, -0.2) is 18.5 Å². The molecule has 2 rings (SSSR count). The number of rotatable bonds is 7. The van der Waals surface area contributed by atoms with Crippen molar-refractivity contribution in [2.75, 3.05) is 12.8 Å². The number of nitrogens with one attached hydrogen (secondary N) is 2. The normalized spacial score (nSPS) is 12.1. The van der Waals surface area contributed by atoms with E-state index >= 15 is 0 Å². The van der Waals surface area contributed by atoms with E-state index in [0.29, 0.717) is 19.0 Å². The maximum atomic E-state index is 11.3.